The maximum absolute atomic E-state index is 12.8. The van der Waals surface area contributed by atoms with Crippen molar-refractivity contribution in [2.75, 3.05) is 17.8 Å². The summed E-state index contributed by atoms with van der Waals surface area (Å²) >= 11 is 1.56. The van der Waals surface area contributed by atoms with Crippen LogP contribution < -0.4 is 9.64 Å². The van der Waals surface area contributed by atoms with Crippen LogP contribution in [0.2, 0.25) is 0 Å². The number of nitrogens with zero attached hydrogens (tertiary/aromatic N) is 2. The van der Waals surface area contributed by atoms with Gasteiger partial charge in [0.25, 0.3) is 5.91 Å². The Labute approximate surface area is 145 Å². The van der Waals surface area contributed by atoms with Crippen LogP contribution in [0.5, 0.6) is 5.75 Å². The highest BCUT2D eigenvalue weighted by atomic mass is 32.2. The van der Waals surface area contributed by atoms with Gasteiger partial charge in [-0.05, 0) is 41.7 Å². The zero-order valence-electron chi connectivity index (χ0n) is 13.6. The molecule has 0 atom stereocenters. The maximum Gasteiger partial charge on any atom is 0.283 e. The van der Waals surface area contributed by atoms with Crippen molar-refractivity contribution in [2.45, 2.75) is 6.92 Å². The van der Waals surface area contributed by atoms with Gasteiger partial charge in [0.2, 0.25) is 0 Å². The van der Waals surface area contributed by atoms with Crippen LogP contribution in [0.4, 0.5) is 5.69 Å². The molecule has 0 saturated heterocycles. The lowest BCUT2D eigenvalue weighted by atomic mass is 10.2. The van der Waals surface area contributed by atoms with E-state index in [2.05, 4.69) is 4.99 Å². The van der Waals surface area contributed by atoms with Gasteiger partial charge in [0.1, 0.15) is 11.4 Å². The van der Waals surface area contributed by atoms with Crippen LogP contribution in [0.3, 0.4) is 0 Å². The number of benzene rings is 2. The molecule has 3 rings (SSSR count). The summed E-state index contributed by atoms with van der Waals surface area (Å²) in [5.41, 5.74) is 2.19. The van der Waals surface area contributed by atoms with E-state index in [1.54, 1.807) is 29.8 Å². The van der Waals surface area contributed by atoms with Crippen molar-refractivity contribution in [2.24, 2.45) is 4.99 Å². The summed E-state index contributed by atoms with van der Waals surface area (Å²) in [6.07, 6.45) is 1.81. The Kier molecular flexibility index (Phi) is 5.01. The fraction of sp³-hybridized carbons (Fsp3) is 0.158. The number of rotatable bonds is 4. The highest BCUT2D eigenvalue weighted by Crippen LogP contribution is 2.29. The number of hydrogen-bond donors (Lipinski definition) is 0. The van der Waals surface area contributed by atoms with E-state index in [0.29, 0.717) is 10.9 Å². The molecule has 5 heteroatoms. The number of ether oxygens (including phenoxy) is 1. The second kappa shape index (κ2) is 7.36. The molecule has 0 saturated carbocycles. The molecule has 1 aliphatic heterocycles. The largest absolute Gasteiger partial charge is 0.497 e. The number of amides is 1. The molecular weight excluding hydrogens is 320 g/mol. The lowest BCUT2D eigenvalue weighted by molar-refractivity contribution is -0.113. The van der Waals surface area contributed by atoms with Gasteiger partial charge < -0.3 is 4.74 Å². The summed E-state index contributed by atoms with van der Waals surface area (Å²) in [5, 5.41) is 0.716. The smallest absolute Gasteiger partial charge is 0.283 e. The van der Waals surface area contributed by atoms with Gasteiger partial charge in [-0.2, -0.15) is 0 Å². The molecule has 2 aromatic rings. The fourth-order valence-corrected chi connectivity index (χ4v) is 3.12. The van der Waals surface area contributed by atoms with Crippen molar-refractivity contribution in [3.05, 3.63) is 65.9 Å². The monoisotopic (exact) mass is 338 g/mol. The Hall–Kier alpha value is -2.53. The molecule has 0 N–H and O–H groups in total. The van der Waals surface area contributed by atoms with E-state index in [0.717, 1.165) is 22.8 Å². The zero-order chi connectivity index (χ0) is 16.9. The van der Waals surface area contributed by atoms with Crippen molar-refractivity contribution < 1.29 is 9.53 Å². The molecule has 0 aliphatic carbocycles. The molecule has 2 aromatic carbocycles. The second-order valence-electron chi connectivity index (χ2n) is 5.11. The molecule has 0 radical (unpaired) electrons. The van der Waals surface area contributed by atoms with Crippen molar-refractivity contribution in [3.63, 3.8) is 0 Å². The summed E-state index contributed by atoms with van der Waals surface area (Å²) in [7, 11) is 1.63. The quantitative estimate of drug-likeness (QED) is 0.785. The summed E-state index contributed by atoms with van der Waals surface area (Å²) in [6, 6.07) is 17.2. The van der Waals surface area contributed by atoms with Crippen LogP contribution in [0.25, 0.3) is 6.08 Å². The lowest BCUT2D eigenvalue weighted by Crippen LogP contribution is -2.30. The van der Waals surface area contributed by atoms with E-state index in [4.69, 9.17) is 4.74 Å². The van der Waals surface area contributed by atoms with E-state index >= 15 is 0 Å². The molecule has 0 fully saturated rings. The summed E-state index contributed by atoms with van der Waals surface area (Å²) in [6.45, 7) is 2.05. The van der Waals surface area contributed by atoms with Gasteiger partial charge in [-0.1, -0.05) is 49.0 Å². The van der Waals surface area contributed by atoms with Crippen molar-refractivity contribution in [3.8, 4) is 5.75 Å². The molecule has 24 heavy (non-hydrogen) atoms. The van der Waals surface area contributed by atoms with Gasteiger partial charge in [0.15, 0.2) is 5.17 Å². The molecule has 4 nitrogen and oxygen atoms in total. The van der Waals surface area contributed by atoms with Gasteiger partial charge in [-0.25, -0.2) is 4.99 Å². The highest BCUT2D eigenvalue weighted by Gasteiger charge is 2.31. The van der Waals surface area contributed by atoms with Crippen LogP contribution in [0.1, 0.15) is 12.5 Å². The second-order valence-corrected chi connectivity index (χ2v) is 6.34. The Bertz CT molecular complexity index is 783. The third kappa shape index (κ3) is 3.36. The predicted molar refractivity (Wildman–Crippen MR) is 100 cm³/mol. The number of carbonyl (C=O) groups is 1. The van der Waals surface area contributed by atoms with Crippen LogP contribution in [-0.2, 0) is 4.79 Å². The first-order chi connectivity index (χ1) is 11.7. The first-order valence-corrected chi connectivity index (χ1v) is 8.68. The predicted octanol–water partition coefficient (Wildman–Crippen LogP) is 4.19. The number of anilines is 1. The SMILES string of the molecule is CCSC1=NC(=Cc2ccc(OC)cc2)C(=O)N1c1ccccc1. The summed E-state index contributed by atoms with van der Waals surface area (Å²) in [4.78, 5) is 19.0. The first-order valence-electron chi connectivity index (χ1n) is 7.69. The molecule has 0 unspecified atom stereocenters. The highest BCUT2D eigenvalue weighted by molar-refractivity contribution is 8.14. The third-order valence-corrected chi connectivity index (χ3v) is 4.36. The van der Waals surface area contributed by atoms with Crippen molar-refractivity contribution >= 4 is 34.6 Å². The van der Waals surface area contributed by atoms with E-state index in [-0.39, 0.29) is 5.91 Å². The molecule has 1 aliphatic rings. The molecule has 0 bridgehead atoms. The van der Waals surface area contributed by atoms with Crippen LogP contribution in [0.15, 0.2) is 65.3 Å². The van der Waals surface area contributed by atoms with Gasteiger partial charge in [0.05, 0.1) is 12.8 Å². The van der Waals surface area contributed by atoms with Crippen molar-refractivity contribution in [1.29, 1.82) is 0 Å². The van der Waals surface area contributed by atoms with Crippen LogP contribution in [0, 0.1) is 0 Å². The average molecular weight is 338 g/mol. The Morgan fingerprint density at radius 3 is 2.46 bits per heavy atom. The summed E-state index contributed by atoms with van der Waals surface area (Å²) in [5.74, 6) is 1.53. The topological polar surface area (TPSA) is 41.9 Å². The van der Waals surface area contributed by atoms with E-state index in [1.807, 2.05) is 61.5 Å². The molecule has 1 heterocycles. The van der Waals surface area contributed by atoms with Crippen molar-refractivity contribution in [1.82, 2.24) is 0 Å². The number of aliphatic imine (C=N–C) groups is 1. The third-order valence-electron chi connectivity index (χ3n) is 3.54. The average Bonchev–Trinajstić information content (AvgIpc) is 2.92. The van der Waals surface area contributed by atoms with Gasteiger partial charge in [0, 0.05) is 0 Å². The first kappa shape index (κ1) is 16.3. The maximum atomic E-state index is 12.8. The minimum Gasteiger partial charge on any atom is -0.497 e. The minimum atomic E-state index is -0.104. The Morgan fingerprint density at radius 2 is 1.83 bits per heavy atom. The fourth-order valence-electron chi connectivity index (χ4n) is 2.38. The van der Waals surface area contributed by atoms with Crippen LogP contribution in [-0.4, -0.2) is 23.9 Å². The Balaban J connectivity index is 1.94. The number of amidine groups is 1. The van der Waals surface area contributed by atoms with Gasteiger partial charge in [-0.3, -0.25) is 9.69 Å². The minimum absolute atomic E-state index is 0.104. The lowest BCUT2D eigenvalue weighted by Gasteiger charge is -2.17. The molecule has 1 amide bonds. The number of methoxy groups -OCH3 is 1. The molecular formula is C19H18N2O2S. The molecule has 122 valence electrons. The number of carbonyl (C=O) groups excluding carboxylic acids is 1. The molecule has 0 spiro atoms. The van der Waals surface area contributed by atoms with E-state index < -0.39 is 0 Å². The number of hydrogen-bond acceptors (Lipinski definition) is 4. The molecule has 0 aromatic heterocycles. The standard InChI is InChI=1S/C19H18N2O2S/c1-3-24-19-20-17(13-14-9-11-16(23-2)12-10-14)18(22)21(19)15-7-5-4-6-8-15/h4-13H,3H2,1-2H3. The zero-order valence-corrected chi connectivity index (χ0v) is 14.4. The van der Waals surface area contributed by atoms with E-state index in [9.17, 15) is 4.79 Å². The number of thioether (sulfide) groups is 1. The van der Waals surface area contributed by atoms with Gasteiger partial charge in [-0.15, -0.1) is 0 Å². The van der Waals surface area contributed by atoms with E-state index in [1.165, 1.54) is 0 Å². The van der Waals surface area contributed by atoms with Gasteiger partial charge >= 0.3 is 0 Å². The number of para-hydroxylation sites is 1. The summed E-state index contributed by atoms with van der Waals surface area (Å²) < 4.78 is 5.16. The van der Waals surface area contributed by atoms with Crippen LogP contribution >= 0.6 is 11.8 Å². The normalized spacial score (nSPS) is 15.8. The Morgan fingerprint density at radius 1 is 1.12 bits per heavy atom.